The lowest BCUT2D eigenvalue weighted by molar-refractivity contribution is -0.117. The third-order valence-electron chi connectivity index (χ3n) is 3.34. The van der Waals surface area contributed by atoms with Crippen molar-refractivity contribution in [2.75, 3.05) is 11.4 Å². The van der Waals surface area contributed by atoms with Gasteiger partial charge in [-0.2, -0.15) is 0 Å². The number of thiazole rings is 1. The van der Waals surface area contributed by atoms with Gasteiger partial charge in [-0.25, -0.2) is 9.78 Å². The van der Waals surface area contributed by atoms with Crippen LogP contribution in [0, 0.1) is 5.92 Å². The summed E-state index contributed by atoms with van der Waals surface area (Å²) in [5, 5.41) is 9.60. The Morgan fingerprint density at radius 2 is 2.35 bits per heavy atom. The van der Waals surface area contributed by atoms with Crippen LogP contribution in [0.4, 0.5) is 5.13 Å². The second-order valence-electron chi connectivity index (χ2n) is 4.69. The molecular weight excluding hydrogens is 276 g/mol. The first-order valence-corrected chi connectivity index (χ1v) is 6.97. The summed E-state index contributed by atoms with van der Waals surface area (Å²) in [7, 11) is 0. The van der Waals surface area contributed by atoms with Crippen molar-refractivity contribution in [2.24, 2.45) is 5.92 Å². The molecular formula is C14H12N2O3S. The molecule has 20 heavy (non-hydrogen) atoms. The van der Waals surface area contributed by atoms with Gasteiger partial charge in [-0.3, -0.25) is 9.69 Å². The van der Waals surface area contributed by atoms with Gasteiger partial charge < -0.3 is 5.11 Å². The fourth-order valence-corrected chi connectivity index (χ4v) is 3.27. The van der Waals surface area contributed by atoms with Crippen LogP contribution in [-0.2, 0) is 4.79 Å². The van der Waals surface area contributed by atoms with Gasteiger partial charge in [0.25, 0.3) is 0 Å². The molecule has 0 bridgehead atoms. The summed E-state index contributed by atoms with van der Waals surface area (Å²) in [5.41, 5.74) is 0.939. The van der Waals surface area contributed by atoms with Crippen molar-refractivity contribution in [1.82, 2.24) is 4.98 Å². The van der Waals surface area contributed by atoms with Crippen LogP contribution in [-0.4, -0.2) is 28.5 Å². The summed E-state index contributed by atoms with van der Waals surface area (Å²) in [6.45, 7) is 4.31. The third kappa shape index (κ3) is 2.08. The van der Waals surface area contributed by atoms with E-state index in [9.17, 15) is 9.59 Å². The summed E-state index contributed by atoms with van der Waals surface area (Å²) in [4.78, 5) is 29.0. The lowest BCUT2D eigenvalue weighted by Gasteiger charge is -2.11. The van der Waals surface area contributed by atoms with Crippen LogP contribution >= 0.6 is 11.3 Å². The molecule has 1 aliphatic heterocycles. The number of rotatable bonds is 3. The zero-order valence-corrected chi connectivity index (χ0v) is 11.4. The normalized spacial score (nSPS) is 18.7. The predicted octanol–water partition coefficient (Wildman–Crippen LogP) is 2.53. The van der Waals surface area contributed by atoms with Gasteiger partial charge in [0.05, 0.1) is 15.8 Å². The number of hydrogen-bond acceptors (Lipinski definition) is 4. The highest BCUT2D eigenvalue weighted by Gasteiger charge is 2.30. The van der Waals surface area contributed by atoms with Crippen LogP contribution in [0.15, 0.2) is 30.9 Å². The molecule has 1 atom stereocenters. The number of carbonyl (C=O) groups is 2. The van der Waals surface area contributed by atoms with Gasteiger partial charge in [-0.1, -0.05) is 17.4 Å². The first-order valence-electron chi connectivity index (χ1n) is 6.15. The predicted molar refractivity (Wildman–Crippen MR) is 77.2 cm³/mol. The minimum absolute atomic E-state index is 0.0346. The Hall–Kier alpha value is -2.21. The fourth-order valence-electron chi connectivity index (χ4n) is 2.24. The van der Waals surface area contributed by atoms with Crippen molar-refractivity contribution in [3.63, 3.8) is 0 Å². The number of anilines is 1. The number of fused-ring (bicyclic) bond motifs is 1. The standard InChI is InChI=1S/C14H12N2O3S/c1-2-8-5-12(17)16(7-8)14-15-10-4-3-9(13(18)19)6-11(10)20-14/h2-4,6,8H,1,5,7H2,(H,18,19). The van der Waals surface area contributed by atoms with Crippen molar-refractivity contribution in [1.29, 1.82) is 0 Å². The van der Waals surface area contributed by atoms with E-state index in [0.717, 1.165) is 4.70 Å². The highest BCUT2D eigenvalue weighted by Crippen LogP contribution is 2.33. The zero-order chi connectivity index (χ0) is 14.3. The summed E-state index contributed by atoms with van der Waals surface area (Å²) in [6, 6.07) is 4.78. The van der Waals surface area contributed by atoms with Crippen molar-refractivity contribution in [3.05, 3.63) is 36.4 Å². The lowest BCUT2D eigenvalue weighted by atomic mass is 10.1. The smallest absolute Gasteiger partial charge is 0.335 e. The van der Waals surface area contributed by atoms with Crippen molar-refractivity contribution in [3.8, 4) is 0 Å². The Labute approximate surface area is 119 Å². The van der Waals surface area contributed by atoms with Crippen molar-refractivity contribution >= 4 is 38.6 Å². The summed E-state index contributed by atoms with van der Waals surface area (Å²) < 4.78 is 0.773. The molecule has 0 spiro atoms. The molecule has 0 radical (unpaired) electrons. The molecule has 1 saturated heterocycles. The van der Waals surface area contributed by atoms with Crippen molar-refractivity contribution in [2.45, 2.75) is 6.42 Å². The second kappa shape index (κ2) is 4.72. The Bertz CT molecular complexity index is 722. The van der Waals surface area contributed by atoms with Crippen LogP contribution in [0.1, 0.15) is 16.8 Å². The maximum absolute atomic E-state index is 11.9. The minimum atomic E-state index is -0.967. The molecule has 102 valence electrons. The van der Waals surface area contributed by atoms with E-state index in [4.69, 9.17) is 5.11 Å². The lowest BCUT2D eigenvalue weighted by Crippen LogP contribution is -2.23. The molecule has 1 amide bonds. The molecule has 5 nitrogen and oxygen atoms in total. The Balaban J connectivity index is 1.99. The summed E-state index contributed by atoms with van der Waals surface area (Å²) >= 11 is 1.34. The molecule has 0 saturated carbocycles. The van der Waals surface area contributed by atoms with E-state index in [2.05, 4.69) is 11.6 Å². The van der Waals surface area contributed by atoms with Crippen LogP contribution in [0.25, 0.3) is 10.2 Å². The molecule has 2 heterocycles. The number of carbonyl (C=O) groups excluding carboxylic acids is 1. The van der Waals surface area contributed by atoms with Gasteiger partial charge in [-0.05, 0) is 18.2 Å². The van der Waals surface area contributed by atoms with Gasteiger partial charge in [0.15, 0.2) is 5.13 Å². The fraction of sp³-hybridized carbons (Fsp3) is 0.214. The Morgan fingerprint density at radius 3 is 3.00 bits per heavy atom. The second-order valence-corrected chi connectivity index (χ2v) is 5.70. The number of benzene rings is 1. The van der Waals surface area contributed by atoms with E-state index in [0.29, 0.717) is 23.6 Å². The van der Waals surface area contributed by atoms with E-state index in [1.165, 1.54) is 17.4 Å². The number of carboxylic acids is 1. The monoisotopic (exact) mass is 288 g/mol. The van der Waals surface area contributed by atoms with Gasteiger partial charge in [0.2, 0.25) is 5.91 Å². The maximum atomic E-state index is 11.9. The average Bonchev–Trinajstić information content (AvgIpc) is 3.00. The van der Waals surface area contributed by atoms with Crippen molar-refractivity contribution < 1.29 is 14.7 Å². The van der Waals surface area contributed by atoms with E-state index < -0.39 is 5.97 Å². The van der Waals surface area contributed by atoms with Gasteiger partial charge in [0, 0.05) is 18.9 Å². The first-order chi connectivity index (χ1) is 9.58. The topological polar surface area (TPSA) is 70.5 Å². The van der Waals surface area contributed by atoms with Crippen LogP contribution < -0.4 is 4.90 Å². The molecule has 6 heteroatoms. The number of nitrogens with zero attached hydrogens (tertiary/aromatic N) is 2. The molecule has 1 unspecified atom stereocenters. The highest BCUT2D eigenvalue weighted by molar-refractivity contribution is 7.22. The van der Waals surface area contributed by atoms with Crippen LogP contribution in [0.5, 0.6) is 0 Å². The molecule has 2 aromatic rings. The molecule has 1 aromatic heterocycles. The zero-order valence-electron chi connectivity index (χ0n) is 10.6. The van der Waals surface area contributed by atoms with Crippen LogP contribution in [0.3, 0.4) is 0 Å². The SMILES string of the molecule is C=CC1CC(=O)N(c2nc3ccc(C(=O)O)cc3s2)C1. The molecule has 3 rings (SSSR count). The number of hydrogen-bond donors (Lipinski definition) is 1. The quantitative estimate of drug-likeness (QED) is 0.881. The summed E-state index contributed by atoms with van der Waals surface area (Å²) in [5.74, 6) is -0.776. The number of aromatic carboxylic acids is 1. The Kier molecular flexibility index (Phi) is 3.02. The Morgan fingerprint density at radius 1 is 1.55 bits per heavy atom. The molecule has 0 aliphatic carbocycles. The maximum Gasteiger partial charge on any atom is 0.335 e. The molecule has 1 aromatic carbocycles. The number of amides is 1. The summed E-state index contributed by atoms with van der Waals surface area (Å²) in [6.07, 6.45) is 2.24. The first kappa shape index (κ1) is 12.8. The third-order valence-corrected chi connectivity index (χ3v) is 4.38. The minimum Gasteiger partial charge on any atom is -0.478 e. The molecule has 1 fully saturated rings. The van der Waals surface area contributed by atoms with Gasteiger partial charge in [0.1, 0.15) is 0 Å². The number of aromatic nitrogens is 1. The number of carboxylic acid groups (broad SMARTS) is 1. The largest absolute Gasteiger partial charge is 0.478 e. The highest BCUT2D eigenvalue weighted by atomic mass is 32.1. The van der Waals surface area contributed by atoms with E-state index in [1.54, 1.807) is 23.1 Å². The van der Waals surface area contributed by atoms with Gasteiger partial charge >= 0.3 is 5.97 Å². The van der Waals surface area contributed by atoms with Gasteiger partial charge in [-0.15, -0.1) is 6.58 Å². The van der Waals surface area contributed by atoms with E-state index >= 15 is 0 Å². The van der Waals surface area contributed by atoms with Crippen LogP contribution in [0.2, 0.25) is 0 Å². The van der Waals surface area contributed by atoms with E-state index in [1.807, 2.05) is 0 Å². The average molecular weight is 288 g/mol. The van der Waals surface area contributed by atoms with E-state index in [-0.39, 0.29) is 17.4 Å². The molecule has 1 aliphatic rings. The molecule has 1 N–H and O–H groups in total.